The summed E-state index contributed by atoms with van der Waals surface area (Å²) < 4.78 is 13.1. The lowest BCUT2D eigenvalue weighted by Crippen LogP contribution is -2.44. The second-order valence-corrected chi connectivity index (χ2v) is 8.56. The highest BCUT2D eigenvalue weighted by Crippen LogP contribution is 2.38. The van der Waals surface area contributed by atoms with E-state index < -0.39 is 6.10 Å². The van der Waals surface area contributed by atoms with Crippen LogP contribution in [-0.2, 0) is 16.5 Å². The number of nitrogens with zero attached hydrogens (tertiary/aromatic N) is 5. The highest BCUT2D eigenvalue weighted by atomic mass is 32.1. The molecule has 0 saturated carbocycles. The first-order chi connectivity index (χ1) is 15.1. The van der Waals surface area contributed by atoms with Crippen LogP contribution in [0.25, 0.3) is 10.2 Å². The van der Waals surface area contributed by atoms with E-state index in [2.05, 4.69) is 10.1 Å². The van der Waals surface area contributed by atoms with Gasteiger partial charge in [0.15, 0.2) is 0 Å². The van der Waals surface area contributed by atoms with Gasteiger partial charge in [-0.15, -0.1) is 11.3 Å². The Morgan fingerprint density at radius 1 is 1.06 bits per heavy atom. The van der Waals surface area contributed by atoms with Gasteiger partial charge in [-0.2, -0.15) is 5.10 Å². The summed E-state index contributed by atoms with van der Waals surface area (Å²) >= 11 is 1.39. The molecule has 31 heavy (non-hydrogen) atoms. The number of ether oxygens (including phenoxy) is 2. The Morgan fingerprint density at radius 2 is 1.87 bits per heavy atom. The minimum absolute atomic E-state index is 0.0278. The molecule has 10 heteroatoms. The lowest BCUT2D eigenvalue weighted by molar-refractivity contribution is -0.0228. The molecule has 2 fully saturated rings. The van der Waals surface area contributed by atoms with Gasteiger partial charge in [-0.1, -0.05) is 6.07 Å². The SMILES string of the molecule is Cn1nccc1C(=O)N1CCO[C@@H](c2c(C(=O)N3CCOCC3)sc3ncccc23)C1. The summed E-state index contributed by atoms with van der Waals surface area (Å²) in [5.41, 5.74) is 1.36. The van der Waals surface area contributed by atoms with Gasteiger partial charge in [0.2, 0.25) is 0 Å². The van der Waals surface area contributed by atoms with E-state index in [0.29, 0.717) is 56.6 Å². The summed E-state index contributed by atoms with van der Waals surface area (Å²) in [5, 5.41) is 5.01. The standard InChI is InChI=1S/C21H23N5O4S/c1-24-15(4-6-23-24)20(27)26-9-12-30-16(13-26)17-14-3-2-5-22-19(14)31-18(17)21(28)25-7-10-29-11-8-25/h2-6,16H,7-13H2,1H3/t16-/m1/s1. The third kappa shape index (κ3) is 3.71. The number of aryl methyl sites for hydroxylation is 1. The molecule has 0 N–H and O–H groups in total. The summed E-state index contributed by atoms with van der Waals surface area (Å²) in [6.45, 7) is 3.47. The van der Waals surface area contributed by atoms with Crippen molar-refractivity contribution in [3.63, 3.8) is 0 Å². The third-order valence-electron chi connectivity index (χ3n) is 5.71. The first kappa shape index (κ1) is 20.1. The number of aromatic nitrogens is 3. The highest BCUT2D eigenvalue weighted by Gasteiger charge is 2.34. The van der Waals surface area contributed by atoms with Crippen LogP contribution in [0.15, 0.2) is 30.6 Å². The van der Waals surface area contributed by atoms with Crippen LogP contribution in [0.4, 0.5) is 0 Å². The molecule has 2 aliphatic heterocycles. The molecule has 2 amide bonds. The summed E-state index contributed by atoms with van der Waals surface area (Å²) in [5.74, 6) is -0.119. The van der Waals surface area contributed by atoms with Gasteiger partial charge >= 0.3 is 0 Å². The zero-order valence-electron chi connectivity index (χ0n) is 17.2. The highest BCUT2D eigenvalue weighted by molar-refractivity contribution is 7.20. The van der Waals surface area contributed by atoms with Crippen molar-refractivity contribution in [2.75, 3.05) is 46.0 Å². The fraction of sp³-hybridized carbons (Fsp3) is 0.429. The van der Waals surface area contributed by atoms with Gasteiger partial charge < -0.3 is 19.3 Å². The number of rotatable bonds is 3. The Hall–Kier alpha value is -2.82. The van der Waals surface area contributed by atoms with E-state index >= 15 is 0 Å². The smallest absolute Gasteiger partial charge is 0.272 e. The predicted molar refractivity (Wildman–Crippen MR) is 114 cm³/mol. The Balaban J connectivity index is 1.49. The Bertz CT molecular complexity index is 1120. The molecule has 0 aliphatic carbocycles. The van der Waals surface area contributed by atoms with E-state index in [-0.39, 0.29) is 11.8 Å². The van der Waals surface area contributed by atoms with Crippen LogP contribution in [0.5, 0.6) is 0 Å². The molecule has 162 valence electrons. The van der Waals surface area contributed by atoms with Gasteiger partial charge in [-0.25, -0.2) is 4.98 Å². The normalized spacial score (nSPS) is 19.7. The summed E-state index contributed by atoms with van der Waals surface area (Å²) in [6, 6.07) is 5.54. The predicted octanol–water partition coefficient (Wildman–Crippen LogP) is 1.72. The largest absolute Gasteiger partial charge is 0.378 e. The number of amides is 2. The molecule has 2 saturated heterocycles. The molecule has 3 aromatic heterocycles. The molecule has 3 aromatic rings. The average molecular weight is 442 g/mol. The molecule has 0 spiro atoms. The lowest BCUT2D eigenvalue weighted by atomic mass is 10.0. The number of hydrogen-bond donors (Lipinski definition) is 0. The lowest BCUT2D eigenvalue weighted by Gasteiger charge is -2.34. The van der Waals surface area contributed by atoms with E-state index in [1.54, 1.807) is 35.1 Å². The number of morpholine rings is 2. The molecule has 0 unspecified atom stereocenters. The van der Waals surface area contributed by atoms with Crippen molar-refractivity contribution in [2.24, 2.45) is 7.05 Å². The quantitative estimate of drug-likeness (QED) is 0.615. The van der Waals surface area contributed by atoms with Gasteiger partial charge in [0.25, 0.3) is 11.8 Å². The summed E-state index contributed by atoms with van der Waals surface area (Å²) in [4.78, 5) is 35.9. The monoisotopic (exact) mass is 441 g/mol. The van der Waals surface area contributed by atoms with Gasteiger partial charge in [-0.3, -0.25) is 14.3 Å². The van der Waals surface area contributed by atoms with E-state index in [9.17, 15) is 9.59 Å². The van der Waals surface area contributed by atoms with E-state index in [4.69, 9.17) is 9.47 Å². The van der Waals surface area contributed by atoms with Crippen LogP contribution in [0.3, 0.4) is 0 Å². The number of thiophene rings is 1. The Kier molecular flexibility index (Phi) is 5.43. The van der Waals surface area contributed by atoms with Gasteiger partial charge in [0, 0.05) is 50.0 Å². The first-order valence-electron chi connectivity index (χ1n) is 10.3. The van der Waals surface area contributed by atoms with Gasteiger partial charge in [0.05, 0.1) is 26.4 Å². The minimum atomic E-state index is -0.399. The van der Waals surface area contributed by atoms with Crippen molar-refractivity contribution in [3.05, 3.63) is 46.7 Å². The van der Waals surface area contributed by atoms with Crippen LogP contribution < -0.4 is 0 Å². The third-order valence-corrected chi connectivity index (χ3v) is 6.83. The summed E-state index contributed by atoms with van der Waals surface area (Å²) in [7, 11) is 1.75. The van der Waals surface area contributed by atoms with Crippen molar-refractivity contribution < 1.29 is 19.1 Å². The van der Waals surface area contributed by atoms with Crippen LogP contribution >= 0.6 is 11.3 Å². The topological polar surface area (TPSA) is 89.8 Å². The number of carbonyl (C=O) groups excluding carboxylic acids is 2. The summed E-state index contributed by atoms with van der Waals surface area (Å²) in [6.07, 6.45) is 2.94. The van der Waals surface area contributed by atoms with Crippen LogP contribution in [0, 0.1) is 0 Å². The number of pyridine rings is 1. The van der Waals surface area contributed by atoms with Crippen LogP contribution in [0.2, 0.25) is 0 Å². The van der Waals surface area contributed by atoms with Crippen molar-refractivity contribution in [3.8, 4) is 0 Å². The van der Waals surface area contributed by atoms with Gasteiger partial charge in [0.1, 0.15) is 21.5 Å². The van der Waals surface area contributed by atoms with E-state index in [0.717, 1.165) is 15.8 Å². The minimum Gasteiger partial charge on any atom is -0.378 e. The molecular weight excluding hydrogens is 418 g/mol. The maximum absolute atomic E-state index is 13.4. The fourth-order valence-electron chi connectivity index (χ4n) is 4.09. The number of hydrogen-bond acceptors (Lipinski definition) is 7. The molecule has 5 rings (SSSR count). The molecule has 9 nitrogen and oxygen atoms in total. The van der Waals surface area contributed by atoms with Crippen LogP contribution in [0.1, 0.15) is 31.8 Å². The molecule has 0 aromatic carbocycles. The zero-order valence-corrected chi connectivity index (χ0v) is 18.0. The van der Waals surface area contributed by atoms with Crippen molar-refractivity contribution in [1.29, 1.82) is 0 Å². The molecule has 2 aliphatic rings. The number of carbonyl (C=O) groups is 2. The molecule has 1 atom stereocenters. The number of fused-ring (bicyclic) bond motifs is 1. The zero-order chi connectivity index (χ0) is 21.4. The van der Waals surface area contributed by atoms with E-state index in [1.165, 1.54) is 11.3 Å². The Labute approximate surface area is 183 Å². The first-order valence-corrected chi connectivity index (χ1v) is 11.1. The second-order valence-electron chi connectivity index (χ2n) is 7.56. The average Bonchev–Trinajstić information content (AvgIpc) is 3.42. The van der Waals surface area contributed by atoms with E-state index in [1.807, 2.05) is 17.0 Å². The molecule has 5 heterocycles. The molecular formula is C21H23N5O4S. The maximum Gasteiger partial charge on any atom is 0.272 e. The van der Waals surface area contributed by atoms with Crippen LogP contribution in [-0.4, -0.2) is 82.4 Å². The van der Waals surface area contributed by atoms with Crippen molar-refractivity contribution in [1.82, 2.24) is 24.6 Å². The second kappa shape index (κ2) is 8.37. The fourth-order valence-corrected chi connectivity index (χ4v) is 5.26. The van der Waals surface area contributed by atoms with Gasteiger partial charge in [-0.05, 0) is 12.1 Å². The maximum atomic E-state index is 13.4. The molecule has 0 bridgehead atoms. The Morgan fingerprint density at radius 3 is 2.65 bits per heavy atom. The van der Waals surface area contributed by atoms with Crippen molar-refractivity contribution >= 4 is 33.4 Å². The molecule has 0 radical (unpaired) electrons. The van der Waals surface area contributed by atoms with Crippen molar-refractivity contribution in [2.45, 2.75) is 6.10 Å².